The lowest BCUT2D eigenvalue weighted by atomic mass is 10.1. The van der Waals surface area contributed by atoms with Gasteiger partial charge in [0.05, 0.1) is 18.1 Å². The molecule has 3 heterocycles. The largest absolute Gasteiger partial charge is 0.461 e. The average molecular weight is 355 g/mol. The molecule has 1 fully saturated rings. The van der Waals surface area contributed by atoms with Crippen molar-refractivity contribution in [3.05, 3.63) is 23.2 Å². The molecule has 1 saturated heterocycles. The Hall–Kier alpha value is -1.85. The predicted molar refractivity (Wildman–Crippen MR) is 82.3 cm³/mol. The zero-order chi connectivity index (χ0) is 17.3. The molecule has 24 heavy (non-hydrogen) atoms. The van der Waals surface area contributed by atoms with Gasteiger partial charge in [0.25, 0.3) is 0 Å². The highest BCUT2D eigenvalue weighted by atomic mass is 32.1. The molecule has 0 aromatic carbocycles. The first-order valence-corrected chi connectivity index (χ1v) is 8.25. The first kappa shape index (κ1) is 17.0. The molecule has 0 radical (unpaired) electrons. The van der Waals surface area contributed by atoms with Crippen LogP contribution in [0.5, 0.6) is 0 Å². The molecule has 0 saturated carbocycles. The number of carbonyl (C=O) groups excluding carboxylic acids is 1. The summed E-state index contributed by atoms with van der Waals surface area (Å²) in [6, 6.07) is 3.56. The van der Waals surface area contributed by atoms with E-state index in [2.05, 4.69) is 10.3 Å². The highest BCUT2D eigenvalue weighted by Gasteiger charge is 2.45. The van der Waals surface area contributed by atoms with Crippen molar-refractivity contribution in [3.63, 3.8) is 0 Å². The minimum absolute atomic E-state index is 0.00274. The van der Waals surface area contributed by atoms with Crippen LogP contribution < -0.4 is 0 Å². The molecule has 3 rings (SSSR count). The SMILES string of the molecule is CCOC(=O)c1nnn([C@@H]2O[C@H](CO)[C@@H](O)[C@H]2O)c1-c1cccs1. The molecular formula is C14H17N3O6S. The Kier molecular flexibility index (Phi) is 4.92. The summed E-state index contributed by atoms with van der Waals surface area (Å²) < 4.78 is 11.7. The van der Waals surface area contributed by atoms with Gasteiger partial charge in [0, 0.05) is 0 Å². The summed E-state index contributed by atoms with van der Waals surface area (Å²) >= 11 is 1.35. The number of ether oxygens (including phenoxy) is 2. The molecule has 0 bridgehead atoms. The quantitative estimate of drug-likeness (QED) is 0.629. The molecule has 0 unspecified atom stereocenters. The fourth-order valence-corrected chi connectivity index (χ4v) is 3.30. The Balaban J connectivity index is 2.04. The van der Waals surface area contributed by atoms with Crippen molar-refractivity contribution in [2.45, 2.75) is 31.5 Å². The fraction of sp³-hybridized carbons (Fsp3) is 0.500. The van der Waals surface area contributed by atoms with Crippen LogP contribution in [0, 0.1) is 0 Å². The fourth-order valence-electron chi connectivity index (χ4n) is 2.53. The number of nitrogens with zero attached hydrogens (tertiary/aromatic N) is 3. The number of aliphatic hydroxyl groups excluding tert-OH is 3. The maximum atomic E-state index is 12.1. The Bertz CT molecular complexity index is 703. The second-order valence-electron chi connectivity index (χ2n) is 5.16. The van der Waals surface area contributed by atoms with Gasteiger partial charge in [-0.3, -0.25) is 0 Å². The number of aromatic nitrogens is 3. The van der Waals surface area contributed by atoms with Gasteiger partial charge in [0.1, 0.15) is 24.0 Å². The van der Waals surface area contributed by atoms with Gasteiger partial charge in [-0.05, 0) is 18.4 Å². The molecule has 9 nitrogen and oxygen atoms in total. The number of thiophene rings is 1. The standard InChI is InChI=1S/C14H17N3O6S/c1-2-22-14(21)9-10(8-4-3-5-24-8)17(16-15-9)13-12(20)11(19)7(6-18)23-13/h3-5,7,11-13,18-20H,2,6H2,1H3/t7-,11-,12-,13-/m1/s1. The van der Waals surface area contributed by atoms with Crippen molar-refractivity contribution in [3.8, 4) is 10.6 Å². The molecule has 3 N–H and O–H groups in total. The zero-order valence-corrected chi connectivity index (χ0v) is 13.6. The highest BCUT2D eigenvalue weighted by Crippen LogP contribution is 2.35. The van der Waals surface area contributed by atoms with Crippen LogP contribution in [0.2, 0.25) is 0 Å². The lowest BCUT2D eigenvalue weighted by Crippen LogP contribution is -2.33. The van der Waals surface area contributed by atoms with Crippen LogP contribution in [0.25, 0.3) is 10.6 Å². The molecule has 130 valence electrons. The van der Waals surface area contributed by atoms with E-state index < -0.39 is 37.1 Å². The average Bonchev–Trinajstić information content (AvgIpc) is 3.28. The van der Waals surface area contributed by atoms with Crippen molar-refractivity contribution >= 4 is 17.3 Å². The van der Waals surface area contributed by atoms with Gasteiger partial charge in [-0.25, -0.2) is 9.48 Å². The maximum absolute atomic E-state index is 12.1. The molecule has 2 aromatic heterocycles. The van der Waals surface area contributed by atoms with E-state index in [4.69, 9.17) is 9.47 Å². The van der Waals surface area contributed by atoms with Gasteiger partial charge >= 0.3 is 5.97 Å². The van der Waals surface area contributed by atoms with Gasteiger partial charge in [0.2, 0.25) is 0 Å². The van der Waals surface area contributed by atoms with E-state index >= 15 is 0 Å². The van der Waals surface area contributed by atoms with E-state index in [-0.39, 0.29) is 12.3 Å². The van der Waals surface area contributed by atoms with Crippen molar-refractivity contribution in [1.29, 1.82) is 0 Å². The number of hydrogen-bond acceptors (Lipinski definition) is 9. The number of hydrogen-bond donors (Lipinski definition) is 3. The summed E-state index contributed by atoms with van der Waals surface area (Å²) in [5.74, 6) is -0.640. The second-order valence-corrected chi connectivity index (χ2v) is 6.11. The number of aliphatic hydroxyl groups is 3. The maximum Gasteiger partial charge on any atom is 0.361 e. The van der Waals surface area contributed by atoms with E-state index in [0.717, 1.165) is 0 Å². The van der Waals surface area contributed by atoms with Crippen molar-refractivity contribution in [1.82, 2.24) is 15.0 Å². The topological polar surface area (TPSA) is 127 Å². The van der Waals surface area contributed by atoms with Crippen LogP contribution in [0.1, 0.15) is 23.6 Å². The first-order chi connectivity index (χ1) is 11.6. The Morgan fingerprint density at radius 2 is 2.25 bits per heavy atom. The van der Waals surface area contributed by atoms with Crippen molar-refractivity contribution in [2.75, 3.05) is 13.2 Å². The summed E-state index contributed by atoms with van der Waals surface area (Å²) in [4.78, 5) is 12.8. The summed E-state index contributed by atoms with van der Waals surface area (Å²) in [7, 11) is 0. The van der Waals surface area contributed by atoms with Crippen molar-refractivity contribution in [2.24, 2.45) is 0 Å². The van der Waals surface area contributed by atoms with Crippen molar-refractivity contribution < 1.29 is 29.6 Å². The van der Waals surface area contributed by atoms with Gasteiger partial charge in [0.15, 0.2) is 11.9 Å². The molecule has 1 aliphatic rings. The number of carbonyl (C=O) groups is 1. The molecule has 1 aliphatic heterocycles. The van der Waals surface area contributed by atoms with Crippen LogP contribution in [-0.2, 0) is 9.47 Å². The third-order valence-electron chi connectivity index (χ3n) is 3.68. The van der Waals surface area contributed by atoms with Gasteiger partial charge in [-0.1, -0.05) is 11.3 Å². The van der Waals surface area contributed by atoms with Gasteiger partial charge < -0.3 is 24.8 Å². The molecule has 2 aromatic rings. The molecule has 10 heteroatoms. The van der Waals surface area contributed by atoms with E-state index in [1.54, 1.807) is 19.1 Å². The second kappa shape index (κ2) is 6.95. The van der Waals surface area contributed by atoms with Crippen LogP contribution in [0.3, 0.4) is 0 Å². The van der Waals surface area contributed by atoms with E-state index in [9.17, 15) is 20.1 Å². The monoisotopic (exact) mass is 355 g/mol. The first-order valence-electron chi connectivity index (χ1n) is 7.37. The summed E-state index contributed by atoms with van der Waals surface area (Å²) in [5, 5.41) is 38.9. The molecule has 0 amide bonds. The van der Waals surface area contributed by atoms with E-state index in [0.29, 0.717) is 10.6 Å². The smallest absolute Gasteiger partial charge is 0.361 e. The number of rotatable bonds is 5. The van der Waals surface area contributed by atoms with E-state index in [1.165, 1.54) is 16.0 Å². The van der Waals surface area contributed by atoms with Crippen LogP contribution in [-0.4, -0.2) is 67.8 Å². The highest BCUT2D eigenvalue weighted by molar-refractivity contribution is 7.13. The Morgan fingerprint density at radius 3 is 2.83 bits per heavy atom. The van der Waals surface area contributed by atoms with E-state index in [1.807, 2.05) is 5.38 Å². The minimum atomic E-state index is -1.32. The molecular weight excluding hydrogens is 338 g/mol. The normalized spacial score (nSPS) is 26.7. The predicted octanol–water partition coefficient (Wildman–Crippen LogP) is -0.205. The summed E-state index contributed by atoms with van der Waals surface area (Å²) in [6.07, 6.45) is -4.62. The summed E-state index contributed by atoms with van der Waals surface area (Å²) in [5.41, 5.74) is 0.329. The number of esters is 1. The molecule has 0 aliphatic carbocycles. The lowest BCUT2D eigenvalue weighted by molar-refractivity contribution is -0.0585. The van der Waals surface area contributed by atoms with Crippen LogP contribution in [0.15, 0.2) is 17.5 Å². The third kappa shape index (κ3) is 2.82. The van der Waals surface area contributed by atoms with Gasteiger partial charge in [-0.2, -0.15) is 0 Å². The minimum Gasteiger partial charge on any atom is -0.461 e. The zero-order valence-electron chi connectivity index (χ0n) is 12.8. The third-order valence-corrected chi connectivity index (χ3v) is 4.55. The molecule has 4 atom stereocenters. The Morgan fingerprint density at radius 1 is 1.46 bits per heavy atom. The Labute approximate surface area is 141 Å². The summed E-state index contributed by atoms with van der Waals surface area (Å²) in [6.45, 7) is 1.41. The molecule has 0 spiro atoms. The van der Waals surface area contributed by atoms with Gasteiger partial charge in [-0.15, -0.1) is 16.4 Å². The lowest BCUT2D eigenvalue weighted by Gasteiger charge is -2.16. The van der Waals surface area contributed by atoms with Crippen LogP contribution >= 0.6 is 11.3 Å². The van der Waals surface area contributed by atoms with Crippen LogP contribution in [0.4, 0.5) is 0 Å².